The molecule has 2 fully saturated rings. The number of hydrogen-bond acceptors (Lipinski definition) is 3. The summed E-state index contributed by atoms with van der Waals surface area (Å²) in [7, 11) is 0. The van der Waals surface area contributed by atoms with Crippen LogP contribution >= 0.6 is 0 Å². The molecule has 0 spiro atoms. The number of nitrogens with one attached hydrogen (secondary N) is 1. The summed E-state index contributed by atoms with van der Waals surface area (Å²) in [5.41, 5.74) is -0.963. The van der Waals surface area contributed by atoms with E-state index < -0.39 is 28.8 Å². The summed E-state index contributed by atoms with van der Waals surface area (Å²) < 4.78 is 0. The number of aliphatic hydroxyl groups excluding tert-OH is 1. The molecule has 2 unspecified atom stereocenters. The number of hydrogen-bond donors (Lipinski definition) is 3. The third-order valence-corrected chi connectivity index (χ3v) is 4.38. The largest absolute Gasteiger partial charge is 0.481 e. The molecule has 0 saturated heterocycles. The smallest absolute Gasteiger partial charge is 0.307 e. The highest BCUT2D eigenvalue weighted by Gasteiger charge is 2.66. The van der Waals surface area contributed by atoms with E-state index >= 15 is 0 Å². The number of carbonyl (C=O) groups is 2. The van der Waals surface area contributed by atoms with Crippen molar-refractivity contribution in [3.05, 3.63) is 0 Å². The Hall–Kier alpha value is -1.10. The minimum Gasteiger partial charge on any atom is -0.481 e. The van der Waals surface area contributed by atoms with Gasteiger partial charge in [-0.3, -0.25) is 9.59 Å². The van der Waals surface area contributed by atoms with Crippen molar-refractivity contribution in [3.8, 4) is 0 Å². The van der Waals surface area contributed by atoms with E-state index in [1.165, 1.54) is 0 Å². The van der Waals surface area contributed by atoms with Crippen LogP contribution in [0.3, 0.4) is 0 Å². The summed E-state index contributed by atoms with van der Waals surface area (Å²) in [5.74, 6) is -2.21. The molecule has 5 nitrogen and oxygen atoms in total. The zero-order valence-electron chi connectivity index (χ0n) is 10.2. The molecule has 2 rings (SSSR count). The fourth-order valence-electron chi connectivity index (χ4n) is 2.85. The van der Waals surface area contributed by atoms with Gasteiger partial charge < -0.3 is 15.5 Å². The third-order valence-electron chi connectivity index (χ3n) is 4.38. The summed E-state index contributed by atoms with van der Waals surface area (Å²) in [6.07, 6.45) is 2.55. The number of carboxylic acids is 1. The van der Waals surface area contributed by atoms with Gasteiger partial charge in [-0.05, 0) is 24.7 Å². The number of aliphatic carboxylic acids is 1. The molecular weight excluding hydrogens is 222 g/mol. The average Bonchev–Trinajstić information content (AvgIpc) is 2.75. The number of amides is 1. The van der Waals surface area contributed by atoms with Gasteiger partial charge in [-0.2, -0.15) is 0 Å². The lowest BCUT2D eigenvalue weighted by atomic mass is 9.77. The Morgan fingerprint density at radius 1 is 1.29 bits per heavy atom. The van der Waals surface area contributed by atoms with Gasteiger partial charge in [0.15, 0.2) is 0 Å². The number of rotatable bonds is 4. The first-order valence-electron chi connectivity index (χ1n) is 6.00. The van der Waals surface area contributed by atoms with Gasteiger partial charge >= 0.3 is 5.97 Å². The minimum atomic E-state index is -0.915. The molecule has 0 aromatic heterocycles. The lowest BCUT2D eigenvalue weighted by Gasteiger charge is -2.41. The standard InChI is InChI=1S/C12H19NO4/c1-11(2)7(8(11)10(16)17)9(15)13-12(6-14)4-3-5-12/h7-8,14H,3-6H2,1-2H3,(H,13,15)(H,16,17). The predicted molar refractivity (Wildman–Crippen MR) is 60.2 cm³/mol. The summed E-state index contributed by atoms with van der Waals surface area (Å²) in [5, 5.41) is 21.1. The average molecular weight is 241 g/mol. The van der Waals surface area contributed by atoms with Crippen LogP contribution in [-0.4, -0.2) is 34.2 Å². The van der Waals surface area contributed by atoms with E-state index in [1.807, 2.05) is 0 Å². The summed E-state index contributed by atoms with van der Waals surface area (Å²) in [6.45, 7) is 3.52. The maximum atomic E-state index is 12.0. The van der Waals surface area contributed by atoms with Crippen LogP contribution in [0.4, 0.5) is 0 Å². The van der Waals surface area contributed by atoms with Gasteiger partial charge in [-0.1, -0.05) is 13.8 Å². The normalized spacial score (nSPS) is 32.4. The first-order chi connectivity index (χ1) is 7.84. The molecule has 2 aliphatic rings. The highest BCUT2D eigenvalue weighted by Crippen LogP contribution is 2.58. The van der Waals surface area contributed by atoms with Crippen LogP contribution in [0.25, 0.3) is 0 Å². The second-order valence-corrected chi connectivity index (χ2v) is 5.90. The quantitative estimate of drug-likeness (QED) is 0.664. The van der Waals surface area contributed by atoms with E-state index in [0.29, 0.717) is 0 Å². The maximum absolute atomic E-state index is 12.0. The van der Waals surface area contributed by atoms with E-state index in [4.69, 9.17) is 5.11 Å². The van der Waals surface area contributed by atoms with Crippen molar-refractivity contribution in [2.45, 2.75) is 38.6 Å². The van der Waals surface area contributed by atoms with E-state index in [-0.39, 0.29) is 12.5 Å². The van der Waals surface area contributed by atoms with Gasteiger partial charge in [0, 0.05) is 0 Å². The van der Waals surface area contributed by atoms with Crippen LogP contribution in [-0.2, 0) is 9.59 Å². The Kier molecular flexibility index (Phi) is 2.69. The Morgan fingerprint density at radius 2 is 1.88 bits per heavy atom. The van der Waals surface area contributed by atoms with Crippen molar-refractivity contribution in [1.29, 1.82) is 0 Å². The fraction of sp³-hybridized carbons (Fsp3) is 0.833. The van der Waals surface area contributed by atoms with Crippen molar-refractivity contribution in [3.63, 3.8) is 0 Å². The Labute approximate surface area is 100 Å². The van der Waals surface area contributed by atoms with Crippen LogP contribution in [0.2, 0.25) is 0 Å². The van der Waals surface area contributed by atoms with E-state index in [1.54, 1.807) is 13.8 Å². The number of aliphatic hydroxyl groups is 1. The maximum Gasteiger partial charge on any atom is 0.307 e. The highest BCUT2D eigenvalue weighted by atomic mass is 16.4. The Bertz CT molecular complexity index is 354. The van der Waals surface area contributed by atoms with E-state index in [9.17, 15) is 14.7 Å². The molecule has 96 valence electrons. The molecular formula is C12H19NO4. The molecule has 0 aliphatic heterocycles. The first-order valence-corrected chi connectivity index (χ1v) is 6.00. The van der Waals surface area contributed by atoms with Crippen molar-refractivity contribution < 1.29 is 19.8 Å². The van der Waals surface area contributed by atoms with Crippen LogP contribution < -0.4 is 5.32 Å². The summed E-state index contributed by atoms with van der Waals surface area (Å²) in [6, 6.07) is 0. The molecule has 0 aromatic rings. The summed E-state index contributed by atoms with van der Waals surface area (Å²) in [4.78, 5) is 23.0. The molecule has 2 atom stereocenters. The van der Waals surface area contributed by atoms with Gasteiger partial charge in [-0.25, -0.2) is 0 Å². The second-order valence-electron chi connectivity index (χ2n) is 5.90. The number of carboxylic acid groups (broad SMARTS) is 1. The highest BCUT2D eigenvalue weighted by molar-refractivity contribution is 5.92. The van der Waals surface area contributed by atoms with Crippen molar-refractivity contribution in [2.24, 2.45) is 17.3 Å². The van der Waals surface area contributed by atoms with Crippen LogP contribution in [0.5, 0.6) is 0 Å². The van der Waals surface area contributed by atoms with Gasteiger partial charge in [0.05, 0.1) is 24.0 Å². The zero-order chi connectivity index (χ0) is 12.8. The molecule has 3 N–H and O–H groups in total. The molecule has 0 aromatic carbocycles. The van der Waals surface area contributed by atoms with E-state index in [2.05, 4.69) is 5.32 Å². The predicted octanol–water partition coefficient (Wildman–Crippen LogP) is 0.374. The monoisotopic (exact) mass is 241 g/mol. The van der Waals surface area contributed by atoms with Gasteiger partial charge in [0.2, 0.25) is 5.91 Å². The molecule has 0 radical (unpaired) electrons. The van der Waals surface area contributed by atoms with Crippen LogP contribution in [0.15, 0.2) is 0 Å². The second kappa shape index (κ2) is 3.70. The van der Waals surface area contributed by atoms with Gasteiger partial charge in [0.1, 0.15) is 0 Å². The zero-order valence-corrected chi connectivity index (χ0v) is 10.2. The van der Waals surface area contributed by atoms with Crippen molar-refractivity contribution in [1.82, 2.24) is 5.32 Å². The van der Waals surface area contributed by atoms with Crippen molar-refractivity contribution >= 4 is 11.9 Å². The lowest BCUT2D eigenvalue weighted by Crippen LogP contribution is -2.56. The van der Waals surface area contributed by atoms with Crippen molar-refractivity contribution in [2.75, 3.05) is 6.61 Å². The van der Waals surface area contributed by atoms with Crippen LogP contribution in [0, 0.1) is 17.3 Å². The minimum absolute atomic E-state index is 0.0658. The molecule has 2 aliphatic carbocycles. The molecule has 17 heavy (non-hydrogen) atoms. The van der Waals surface area contributed by atoms with Crippen LogP contribution in [0.1, 0.15) is 33.1 Å². The molecule has 0 heterocycles. The summed E-state index contributed by atoms with van der Waals surface area (Å²) >= 11 is 0. The number of carbonyl (C=O) groups excluding carboxylic acids is 1. The van der Waals surface area contributed by atoms with Gasteiger partial charge in [-0.15, -0.1) is 0 Å². The third kappa shape index (κ3) is 1.82. The van der Waals surface area contributed by atoms with Gasteiger partial charge in [0.25, 0.3) is 0 Å². The molecule has 0 bridgehead atoms. The SMILES string of the molecule is CC1(C)C(C(=O)O)C1C(=O)NC1(CO)CCC1. The topological polar surface area (TPSA) is 86.6 Å². The Morgan fingerprint density at radius 3 is 2.18 bits per heavy atom. The molecule has 1 amide bonds. The lowest BCUT2D eigenvalue weighted by molar-refractivity contribution is -0.141. The fourth-order valence-corrected chi connectivity index (χ4v) is 2.85. The molecule has 2 saturated carbocycles. The van der Waals surface area contributed by atoms with E-state index in [0.717, 1.165) is 19.3 Å². The Balaban J connectivity index is 2.00. The first kappa shape index (κ1) is 12.4. The molecule has 5 heteroatoms.